The van der Waals surface area contributed by atoms with Crippen molar-refractivity contribution in [3.05, 3.63) is 11.6 Å². The Balaban J connectivity index is 1.59. The predicted molar refractivity (Wildman–Crippen MR) is 117 cm³/mol. The zero-order valence-electron chi connectivity index (χ0n) is 20.4. The highest BCUT2D eigenvalue weighted by Gasteiger charge is 2.84. The summed E-state index contributed by atoms with van der Waals surface area (Å²) in [5.74, 6) is -2.28. The van der Waals surface area contributed by atoms with Crippen LogP contribution in [0.3, 0.4) is 0 Å². The van der Waals surface area contributed by atoms with Gasteiger partial charge in [-0.15, -0.1) is 0 Å². The molecule has 3 saturated carbocycles. The highest BCUT2D eigenvalue weighted by Crippen LogP contribution is 2.77. The molecular formula is C26H33FO7. The summed E-state index contributed by atoms with van der Waals surface area (Å²) in [6.45, 7) is 7.89. The van der Waals surface area contributed by atoms with Crippen molar-refractivity contribution in [3.8, 4) is 0 Å². The van der Waals surface area contributed by atoms with Crippen LogP contribution in [0.15, 0.2) is 11.6 Å². The number of esters is 2. The normalized spacial score (nSPS) is 48.5. The van der Waals surface area contributed by atoms with Crippen LogP contribution in [-0.2, 0) is 33.4 Å². The number of rotatable bonds is 4. The first kappa shape index (κ1) is 23.6. The Morgan fingerprint density at radius 3 is 2.50 bits per heavy atom. The average molecular weight is 477 g/mol. The maximum absolute atomic E-state index is 15.7. The van der Waals surface area contributed by atoms with Crippen LogP contribution in [0.25, 0.3) is 0 Å². The van der Waals surface area contributed by atoms with E-state index in [1.165, 1.54) is 19.9 Å². The topological polar surface area (TPSA) is 99.3 Å². The maximum atomic E-state index is 15.7. The van der Waals surface area contributed by atoms with Gasteiger partial charge in [0.05, 0.1) is 6.10 Å². The van der Waals surface area contributed by atoms with Gasteiger partial charge in [0.25, 0.3) is 0 Å². The molecule has 1 aliphatic heterocycles. The average Bonchev–Trinajstić information content (AvgIpc) is 3.42. The summed E-state index contributed by atoms with van der Waals surface area (Å²) in [4.78, 5) is 49.5. The standard InChI is InChI=1S/C26H33FO7/c1-13-8-17-18-10-20(27)19-9-16(30)6-7-23(19,4)26(18)22(34-26)11-24(17,5)25(13,33-15(3)29)21(31)12-32-14(2)28/h9,13,17-18,20,22H,6-8,10-12H2,1-5H3/t13?,17-,18-,20?,22?,23-,24-,25-,26-/m0/s1. The number of ether oxygens (including phenoxy) is 3. The third-order valence-electron chi connectivity index (χ3n) is 9.98. The summed E-state index contributed by atoms with van der Waals surface area (Å²) in [5, 5.41) is 0. The van der Waals surface area contributed by atoms with Gasteiger partial charge in [-0.2, -0.15) is 0 Å². The summed E-state index contributed by atoms with van der Waals surface area (Å²) < 4.78 is 33.1. The number of ketones is 2. The minimum atomic E-state index is -1.48. The van der Waals surface area contributed by atoms with E-state index in [2.05, 4.69) is 0 Å². The first-order valence-electron chi connectivity index (χ1n) is 12.3. The van der Waals surface area contributed by atoms with E-state index >= 15 is 4.39 Å². The zero-order valence-corrected chi connectivity index (χ0v) is 20.4. The van der Waals surface area contributed by atoms with Gasteiger partial charge in [0, 0.05) is 37.0 Å². The molecule has 0 aromatic rings. The largest absolute Gasteiger partial charge is 0.458 e. The molecule has 5 rings (SSSR count). The van der Waals surface area contributed by atoms with Crippen molar-refractivity contribution in [2.75, 3.05) is 6.61 Å². The Hall–Kier alpha value is -2.09. The van der Waals surface area contributed by atoms with Gasteiger partial charge < -0.3 is 14.2 Å². The Labute approximate surface area is 198 Å². The quantitative estimate of drug-likeness (QED) is 0.454. The third-order valence-corrected chi connectivity index (χ3v) is 9.98. The van der Waals surface area contributed by atoms with E-state index in [-0.39, 0.29) is 36.1 Å². The van der Waals surface area contributed by atoms with Crippen molar-refractivity contribution in [2.45, 2.75) is 90.2 Å². The van der Waals surface area contributed by atoms with Crippen LogP contribution in [0.5, 0.6) is 0 Å². The molecule has 0 aromatic carbocycles. The van der Waals surface area contributed by atoms with Gasteiger partial charge >= 0.3 is 11.9 Å². The summed E-state index contributed by atoms with van der Waals surface area (Å²) in [5.41, 5.74) is -2.88. The lowest BCUT2D eigenvalue weighted by atomic mass is 9.45. The first-order valence-corrected chi connectivity index (χ1v) is 12.3. The van der Waals surface area contributed by atoms with Crippen molar-refractivity contribution in [3.63, 3.8) is 0 Å². The zero-order chi connectivity index (χ0) is 24.8. The molecule has 3 unspecified atom stereocenters. The van der Waals surface area contributed by atoms with Gasteiger partial charge in [-0.1, -0.05) is 20.8 Å². The van der Waals surface area contributed by atoms with Gasteiger partial charge in [-0.25, -0.2) is 4.39 Å². The molecular weight excluding hydrogens is 443 g/mol. The fourth-order valence-electron chi connectivity index (χ4n) is 8.69. The molecule has 1 spiro atoms. The number of alkyl halides is 1. The van der Waals surface area contributed by atoms with Crippen LogP contribution < -0.4 is 0 Å². The van der Waals surface area contributed by atoms with Crippen LogP contribution in [0.1, 0.15) is 66.7 Å². The van der Waals surface area contributed by atoms with E-state index in [9.17, 15) is 19.2 Å². The molecule has 1 heterocycles. The van der Waals surface area contributed by atoms with Gasteiger partial charge in [-0.05, 0) is 49.2 Å². The van der Waals surface area contributed by atoms with Gasteiger partial charge in [0.2, 0.25) is 5.78 Å². The van der Waals surface area contributed by atoms with Crippen LogP contribution in [0, 0.1) is 28.6 Å². The Bertz CT molecular complexity index is 1020. The number of hydrogen-bond donors (Lipinski definition) is 0. The van der Waals surface area contributed by atoms with Crippen molar-refractivity contribution < 1.29 is 37.8 Å². The number of fused-ring (bicyclic) bond motifs is 3. The van der Waals surface area contributed by atoms with Gasteiger partial charge in [0.15, 0.2) is 18.0 Å². The molecule has 4 aliphatic carbocycles. The third kappa shape index (κ3) is 2.72. The van der Waals surface area contributed by atoms with E-state index < -0.39 is 52.5 Å². The Morgan fingerprint density at radius 2 is 1.85 bits per heavy atom. The molecule has 1 saturated heterocycles. The van der Waals surface area contributed by atoms with E-state index in [1.54, 1.807) is 0 Å². The van der Waals surface area contributed by atoms with Crippen LogP contribution in [-0.4, -0.2) is 53.6 Å². The lowest BCUT2D eigenvalue weighted by Crippen LogP contribution is -2.65. The van der Waals surface area contributed by atoms with Crippen LogP contribution >= 0.6 is 0 Å². The molecule has 0 aromatic heterocycles. The van der Waals surface area contributed by atoms with E-state index in [4.69, 9.17) is 14.2 Å². The fraction of sp³-hybridized carbons (Fsp3) is 0.769. The number of hydrogen-bond acceptors (Lipinski definition) is 7. The van der Waals surface area contributed by atoms with Crippen LogP contribution in [0.4, 0.5) is 4.39 Å². The highest BCUT2D eigenvalue weighted by atomic mass is 19.1. The molecule has 7 nitrogen and oxygen atoms in total. The summed E-state index contributed by atoms with van der Waals surface area (Å²) in [6, 6.07) is 0. The molecule has 8 heteroatoms. The van der Waals surface area contributed by atoms with E-state index in [0.717, 1.165) is 0 Å². The summed E-state index contributed by atoms with van der Waals surface area (Å²) in [7, 11) is 0. The monoisotopic (exact) mass is 476 g/mol. The Morgan fingerprint density at radius 1 is 1.15 bits per heavy atom. The number of Topliss-reactive ketones (excluding diaryl/α,β-unsaturated/α-hetero) is 1. The molecule has 0 amide bonds. The lowest BCUT2D eigenvalue weighted by Gasteiger charge is -2.57. The number of carbonyl (C=O) groups is 4. The summed E-state index contributed by atoms with van der Waals surface area (Å²) >= 11 is 0. The van der Waals surface area contributed by atoms with Gasteiger partial charge in [-0.3, -0.25) is 19.2 Å². The predicted octanol–water partition coefficient (Wildman–Crippen LogP) is 3.28. The highest BCUT2D eigenvalue weighted by molar-refractivity contribution is 5.94. The summed E-state index contributed by atoms with van der Waals surface area (Å²) in [6.07, 6.45) is 2.19. The van der Waals surface area contributed by atoms with Crippen LogP contribution in [0.2, 0.25) is 0 Å². The van der Waals surface area contributed by atoms with Crippen molar-refractivity contribution in [1.82, 2.24) is 0 Å². The number of halogens is 1. The SMILES string of the molecule is CC(=O)OCC(=O)[C@@]1(OC(C)=O)C(C)C[C@H]2[C@@H]3CC(F)C4=CC(=O)CC[C@]4(C)[C@]34OC4C[C@@]21C. The van der Waals surface area contributed by atoms with Crippen molar-refractivity contribution in [1.29, 1.82) is 0 Å². The number of epoxide rings is 1. The maximum Gasteiger partial charge on any atom is 0.303 e. The molecule has 0 bridgehead atoms. The van der Waals surface area contributed by atoms with Gasteiger partial charge in [0.1, 0.15) is 11.8 Å². The number of carbonyl (C=O) groups excluding carboxylic acids is 4. The molecule has 4 fully saturated rings. The minimum Gasteiger partial charge on any atom is -0.458 e. The molecule has 0 N–H and O–H groups in total. The smallest absolute Gasteiger partial charge is 0.303 e. The second-order valence-corrected chi connectivity index (χ2v) is 11.5. The molecule has 34 heavy (non-hydrogen) atoms. The van der Waals surface area contributed by atoms with E-state index in [1.807, 2.05) is 20.8 Å². The van der Waals surface area contributed by atoms with Crippen molar-refractivity contribution >= 4 is 23.5 Å². The van der Waals surface area contributed by atoms with E-state index in [0.29, 0.717) is 31.3 Å². The second-order valence-electron chi connectivity index (χ2n) is 11.5. The molecule has 9 atom stereocenters. The molecule has 186 valence electrons. The fourth-order valence-corrected chi connectivity index (χ4v) is 8.69. The lowest BCUT2D eigenvalue weighted by molar-refractivity contribution is -0.194. The second kappa shape index (κ2) is 7.21. The van der Waals surface area contributed by atoms with Crippen molar-refractivity contribution in [2.24, 2.45) is 28.6 Å². The minimum absolute atomic E-state index is 0.0396. The molecule has 5 aliphatic rings. The first-order chi connectivity index (χ1) is 15.8. The molecule has 0 radical (unpaired) electrons. The Kier molecular flexibility index (Phi) is 5.02.